The van der Waals surface area contributed by atoms with Gasteiger partial charge in [0.2, 0.25) is 0 Å². The van der Waals surface area contributed by atoms with Gasteiger partial charge in [-0.15, -0.1) is 11.3 Å². The standard InChI is InChI=1S/C28H42O4S/c1-18(7-10-21(29)17-22-6-4-14-33-22)23-11-12-24-20(5-3-13-28(23,24)2)9-8-19-15-25(30)27(32)26(31)16-19/h4,6,8-9,14,18,21,23-27,29-32H,3,5,7,10-13,15-17H2,1-2H3/b19-8?,20-9+/t18-,21?,23-,24+,25?,26?,27?,28-/m1/s1. The van der Waals surface area contributed by atoms with E-state index in [4.69, 9.17) is 0 Å². The van der Waals surface area contributed by atoms with Crippen LogP contribution in [0, 0.1) is 23.2 Å². The summed E-state index contributed by atoms with van der Waals surface area (Å²) >= 11 is 1.73. The molecule has 0 radical (unpaired) electrons. The second-order valence-electron chi connectivity index (χ2n) is 11.2. The van der Waals surface area contributed by atoms with Gasteiger partial charge in [-0.05, 0) is 92.4 Å². The molecule has 3 fully saturated rings. The second-order valence-corrected chi connectivity index (χ2v) is 12.2. The number of fused-ring (bicyclic) bond motifs is 1. The lowest BCUT2D eigenvalue weighted by molar-refractivity contribution is -0.0713. The highest BCUT2D eigenvalue weighted by Crippen LogP contribution is 2.59. The quantitative estimate of drug-likeness (QED) is 0.448. The molecule has 33 heavy (non-hydrogen) atoms. The maximum Gasteiger partial charge on any atom is 0.106 e. The first-order chi connectivity index (χ1) is 15.8. The molecule has 7 atom stereocenters. The molecule has 4 N–H and O–H groups in total. The molecule has 3 unspecified atom stereocenters. The minimum Gasteiger partial charge on any atom is -0.393 e. The van der Waals surface area contributed by atoms with Crippen LogP contribution in [0.25, 0.3) is 0 Å². The van der Waals surface area contributed by atoms with Crippen molar-refractivity contribution in [1.29, 1.82) is 0 Å². The van der Waals surface area contributed by atoms with Crippen molar-refractivity contribution in [1.82, 2.24) is 0 Å². The maximum atomic E-state index is 10.5. The van der Waals surface area contributed by atoms with Crippen LogP contribution in [0.15, 0.2) is 40.8 Å². The molecule has 3 aliphatic carbocycles. The molecular formula is C28H42O4S. The third-order valence-electron chi connectivity index (χ3n) is 8.96. The van der Waals surface area contributed by atoms with Crippen molar-refractivity contribution in [2.75, 3.05) is 0 Å². The molecular weight excluding hydrogens is 432 g/mol. The Morgan fingerprint density at radius 3 is 2.58 bits per heavy atom. The van der Waals surface area contributed by atoms with Crippen molar-refractivity contribution in [2.45, 2.75) is 102 Å². The topological polar surface area (TPSA) is 80.9 Å². The molecule has 0 aromatic carbocycles. The van der Waals surface area contributed by atoms with Gasteiger partial charge in [-0.3, -0.25) is 0 Å². The molecule has 184 valence electrons. The normalized spacial score (nSPS) is 37.7. The highest BCUT2D eigenvalue weighted by Gasteiger charge is 2.50. The molecule has 4 rings (SSSR count). The molecule has 1 aromatic rings. The van der Waals surface area contributed by atoms with Crippen LogP contribution in [0.2, 0.25) is 0 Å². The van der Waals surface area contributed by atoms with E-state index in [-0.39, 0.29) is 6.10 Å². The van der Waals surface area contributed by atoms with Gasteiger partial charge in [-0.25, -0.2) is 0 Å². The van der Waals surface area contributed by atoms with Crippen molar-refractivity contribution in [3.05, 3.63) is 45.7 Å². The SMILES string of the molecule is C[C@H](CCC(O)Cc1cccs1)[C@H]1CC[C@H]2/C(=C/C=C3CC(O)C(O)C(O)C3)CCC[C@]12C. The number of thiophene rings is 1. The Balaban J connectivity index is 1.37. The smallest absolute Gasteiger partial charge is 0.106 e. The van der Waals surface area contributed by atoms with E-state index in [1.807, 2.05) is 0 Å². The van der Waals surface area contributed by atoms with Gasteiger partial charge in [0.1, 0.15) is 6.10 Å². The van der Waals surface area contributed by atoms with Crippen LogP contribution in [0.5, 0.6) is 0 Å². The Kier molecular flexibility index (Phi) is 8.18. The Morgan fingerprint density at radius 2 is 1.88 bits per heavy atom. The molecule has 3 saturated carbocycles. The summed E-state index contributed by atoms with van der Waals surface area (Å²) in [6.07, 6.45) is 11.1. The molecule has 1 heterocycles. The van der Waals surface area contributed by atoms with Crippen LogP contribution >= 0.6 is 11.3 Å². The van der Waals surface area contributed by atoms with Crippen molar-refractivity contribution in [3.8, 4) is 0 Å². The predicted octanol–water partition coefficient (Wildman–Crippen LogP) is 5.01. The molecule has 1 aromatic heterocycles. The summed E-state index contributed by atoms with van der Waals surface area (Å²) in [5, 5.41) is 42.5. The molecule has 0 aliphatic heterocycles. The van der Waals surface area contributed by atoms with E-state index in [9.17, 15) is 20.4 Å². The highest BCUT2D eigenvalue weighted by molar-refractivity contribution is 7.09. The zero-order valence-corrected chi connectivity index (χ0v) is 21.0. The number of rotatable bonds is 7. The average Bonchev–Trinajstić information content (AvgIpc) is 3.41. The van der Waals surface area contributed by atoms with Gasteiger partial charge in [0.05, 0.1) is 18.3 Å². The van der Waals surface area contributed by atoms with E-state index in [1.165, 1.54) is 36.1 Å². The van der Waals surface area contributed by atoms with Crippen LogP contribution < -0.4 is 0 Å². The van der Waals surface area contributed by atoms with Crippen molar-refractivity contribution in [2.24, 2.45) is 23.2 Å². The number of aliphatic hydroxyl groups excluding tert-OH is 4. The number of allylic oxidation sites excluding steroid dienone is 3. The predicted molar refractivity (Wildman–Crippen MR) is 134 cm³/mol. The van der Waals surface area contributed by atoms with Crippen LogP contribution in [0.3, 0.4) is 0 Å². The largest absolute Gasteiger partial charge is 0.393 e. The summed E-state index contributed by atoms with van der Waals surface area (Å²) in [4.78, 5) is 1.27. The fourth-order valence-corrected chi connectivity index (χ4v) is 7.89. The third-order valence-corrected chi connectivity index (χ3v) is 9.86. The molecule has 5 heteroatoms. The van der Waals surface area contributed by atoms with Gasteiger partial charge >= 0.3 is 0 Å². The molecule has 0 spiro atoms. The molecule has 3 aliphatic rings. The van der Waals surface area contributed by atoms with E-state index in [0.717, 1.165) is 31.3 Å². The first-order valence-electron chi connectivity index (χ1n) is 12.9. The van der Waals surface area contributed by atoms with Crippen LogP contribution in [-0.2, 0) is 6.42 Å². The lowest BCUT2D eigenvalue weighted by atomic mass is 9.60. The second kappa shape index (κ2) is 10.7. The summed E-state index contributed by atoms with van der Waals surface area (Å²) < 4.78 is 0. The van der Waals surface area contributed by atoms with Gasteiger partial charge in [-0.2, -0.15) is 0 Å². The van der Waals surface area contributed by atoms with E-state index in [2.05, 4.69) is 43.5 Å². The first kappa shape index (κ1) is 25.1. The van der Waals surface area contributed by atoms with Crippen molar-refractivity contribution < 1.29 is 20.4 Å². The Bertz CT molecular complexity index is 817. The van der Waals surface area contributed by atoms with Crippen LogP contribution in [-0.4, -0.2) is 44.8 Å². The molecule has 4 nitrogen and oxygen atoms in total. The van der Waals surface area contributed by atoms with Crippen molar-refractivity contribution in [3.63, 3.8) is 0 Å². The summed E-state index contributed by atoms with van der Waals surface area (Å²) in [6, 6.07) is 4.17. The lowest BCUT2D eigenvalue weighted by Crippen LogP contribution is -2.41. The molecule has 0 bridgehead atoms. The number of hydrogen-bond acceptors (Lipinski definition) is 5. The zero-order valence-electron chi connectivity index (χ0n) is 20.2. The zero-order chi connectivity index (χ0) is 23.6. The first-order valence-corrected chi connectivity index (χ1v) is 13.8. The Morgan fingerprint density at radius 1 is 1.12 bits per heavy atom. The van der Waals surface area contributed by atoms with E-state index in [1.54, 1.807) is 11.3 Å². The Labute approximate surface area is 203 Å². The highest BCUT2D eigenvalue weighted by atomic mass is 32.1. The van der Waals surface area contributed by atoms with Crippen LogP contribution in [0.1, 0.15) is 76.5 Å². The minimum absolute atomic E-state index is 0.246. The van der Waals surface area contributed by atoms with Gasteiger partial charge in [0.15, 0.2) is 0 Å². The Hall–Kier alpha value is -0.980. The third kappa shape index (κ3) is 5.65. The summed E-state index contributed by atoms with van der Waals surface area (Å²) in [5.41, 5.74) is 2.88. The van der Waals surface area contributed by atoms with Gasteiger partial charge in [0.25, 0.3) is 0 Å². The molecule has 0 saturated heterocycles. The van der Waals surface area contributed by atoms with Gasteiger partial charge in [0, 0.05) is 11.3 Å². The summed E-state index contributed by atoms with van der Waals surface area (Å²) in [7, 11) is 0. The lowest BCUT2D eigenvalue weighted by Gasteiger charge is -2.44. The van der Waals surface area contributed by atoms with Gasteiger partial charge in [-0.1, -0.05) is 43.2 Å². The number of hydrogen-bond donors (Lipinski definition) is 4. The average molecular weight is 475 g/mol. The number of aliphatic hydroxyl groups is 4. The maximum absolute atomic E-state index is 10.5. The molecule has 0 amide bonds. The fourth-order valence-electron chi connectivity index (χ4n) is 7.11. The minimum atomic E-state index is -1.03. The van der Waals surface area contributed by atoms with E-state index < -0.39 is 18.3 Å². The summed E-state index contributed by atoms with van der Waals surface area (Å²) in [6.45, 7) is 4.89. The van der Waals surface area contributed by atoms with E-state index in [0.29, 0.717) is 36.0 Å². The van der Waals surface area contributed by atoms with Crippen LogP contribution in [0.4, 0.5) is 0 Å². The monoisotopic (exact) mass is 474 g/mol. The van der Waals surface area contributed by atoms with Gasteiger partial charge < -0.3 is 20.4 Å². The fraction of sp³-hybridized carbons (Fsp3) is 0.714. The van der Waals surface area contributed by atoms with E-state index >= 15 is 0 Å². The summed E-state index contributed by atoms with van der Waals surface area (Å²) in [5.74, 6) is 1.91. The van der Waals surface area contributed by atoms with Crippen molar-refractivity contribution >= 4 is 11.3 Å².